The van der Waals surface area contributed by atoms with Gasteiger partial charge in [0.15, 0.2) is 5.96 Å². The number of piperazine rings is 1. The van der Waals surface area contributed by atoms with E-state index >= 15 is 0 Å². The van der Waals surface area contributed by atoms with Crippen LogP contribution in [-0.4, -0.2) is 67.5 Å². The van der Waals surface area contributed by atoms with Crippen molar-refractivity contribution in [2.24, 2.45) is 4.99 Å². The van der Waals surface area contributed by atoms with E-state index in [1.54, 1.807) is 13.0 Å². The molecule has 0 aromatic heterocycles. The van der Waals surface area contributed by atoms with Crippen molar-refractivity contribution >= 4 is 23.5 Å². The third-order valence-corrected chi connectivity index (χ3v) is 4.12. The Morgan fingerprint density at radius 2 is 1.92 bits per heavy atom. The molecule has 1 N–H and O–H groups in total. The predicted octanol–water partition coefficient (Wildman–Crippen LogP) is 1.85. The van der Waals surface area contributed by atoms with E-state index in [-0.39, 0.29) is 5.91 Å². The summed E-state index contributed by atoms with van der Waals surface area (Å²) >= 11 is 6.06. The molecule has 0 aliphatic carbocycles. The van der Waals surface area contributed by atoms with Crippen LogP contribution in [0.3, 0.4) is 0 Å². The van der Waals surface area contributed by atoms with Crippen molar-refractivity contribution < 1.29 is 9.53 Å². The van der Waals surface area contributed by atoms with Crippen molar-refractivity contribution in [3.05, 3.63) is 29.3 Å². The molecule has 1 aliphatic heterocycles. The van der Waals surface area contributed by atoms with Crippen LogP contribution in [0.15, 0.2) is 29.3 Å². The summed E-state index contributed by atoms with van der Waals surface area (Å²) in [5.41, 5.74) is 0. The van der Waals surface area contributed by atoms with Gasteiger partial charge < -0.3 is 19.9 Å². The van der Waals surface area contributed by atoms with Gasteiger partial charge in [-0.05, 0) is 19.1 Å². The summed E-state index contributed by atoms with van der Waals surface area (Å²) in [6.07, 6.45) is 0. The van der Waals surface area contributed by atoms with Crippen LogP contribution in [0.5, 0.6) is 5.75 Å². The lowest BCUT2D eigenvalue weighted by Gasteiger charge is -2.36. The summed E-state index contributed by atoms with van der Waals surface area (Å²) in [6, 6.07) is 7.41. The zero-order chi connectivity index (χ0) is 17.4. The zero-order valence-electron chi connectivity index (χ0n) is 14.3. The second kappa shape index (κ2) is 9.37. The Balaban J connectivity index is 1.85. The summed E-state index contributed by atoms with van der Waals surface area (Å²) < 4.78 is 5.66. The van der Waals surface area contributed by atoms with Gasteiger partial charge in [0.1, 0.15) is 12.4 Å². The number of benzene rings is 1. The van der Waals surface area contributed by atoms with Gasteiger partial charge in [0.2, 0.25) is 5.91 Å². The highest BCUT2D eigenvalue weighted by molar-refractivity contribution is 6.32. The largest absolute Gasteiger partial charge is 0.490 e. The lowest BCUT2D eigenvalue weighted by Crippen LogP contribution is -2.53. The summed E-state index contributed by atoms with van der Waals surface area (Å²) in [5.74, 6) is 1.67. The van der Waals surface area contributed by atoms with Crippen LogP contribution in [0, 0.1) is 0 Å². The average Bonchev–Trinajstić information content (AvgIpc) is 2.59. The van der Waals surface area contributed by atoms with Gasteiger partial charge >= 0.3 is 0 Å². The fourth-order valence-electron chi connectivity index (χ4n) is 2.53. The minimum Gasteiger partial charge on any atom is -0.490 e. The fraction of sp³-hybridized carbons (Fsp3) is 0.529. The number of hydrogen-bond donors (Lipinski definition) is 1. The molecule has 7 heteroatoms. The van der Waals surface area contributed by atoms with Crippen molar-refractivity contribution in [2.45, 2.75) is 13.8 Å². The molecule has 1 aromatic carbocycles. The molecule has 1 aromatic rings. The van der Waals surface area contributed by atoms with Crippen LogP contribution in [0.25, 0.3) is 0 Å². The number of para-hydroxylation sites is 1. The lowest BCUT2D eigenvalue weighted by atomic mass is 10.3. The van der Waals surface area contributed by atoms with E-state index in [0.717, 1.165) is 38.7 Å². The van der Waals surface area contributed by atoms with Gasteiger partial charge in [0, 0.05) is 39.6 Å². The van der Waals surface area contributed by atoms with Crippen molar-refractivity contribution in [3.8, 4) is 5.75 Å². The summed E-state index contributed by atoms with van der Waals surface area (Å²) in [6.45, 7) is 8.51. The van der Waals surface area contributed by atoms with Crippen molar-refractivity contribution in [2.75, 3.05) is 45.9 Å². The van der Waals surface area contributed by atoms with E-state index in [1.165, 1.54) is 0 Å². The smallest absolute Gasteiger partial charge is 0.219 e. The maximum absolute atomic E-state index is 11.4. The van der Waals surface area contributed by atoms with Crippen molar-refractivity contribution in [1.82, 2.24) is 15.1 Å². The van der Waals surface area contributed by atoms with Gasteiger partial charge in [0.05, 0.1) is 11.6 Å². The Hall–Kier alpha value is -1.95. The number of carbonyl (C=O) groups excluding carboxylic acids is 1. The Labute approximate surface area is 148 Å². The van der Waals surface area contributed by atoms with Crippen LogP contribution in [0.4, 0.5) is 0 Å². The van der Waals surface area contributed by atoms with Crippen molar-refractivity contribution in [3.63, 3.8) is 0 Å². The van der Waals surface area contributed by atoms with Gasteiger partial charge in [-0.25, -0.2) is 4.99 Å². The zero-order valence-corrected chi connectivity index (χ0v) is 15.1. The number of aliphatic imine (C=N–C) groups is 1. The van der Waals surface area contributed by atoms with Gasteiger partial charge in [-0.15, -0.1) is 0 Å². The number of amides is 1. The van der Waals surface area contributed by atoms with Crippen LogP contribution in [0.2, 0.25) is 5.02 Å². The monoisotopic (exact) mass is 352 g/mol. The first kappa shape index (κ1) is 18.4. The van der Waals surface area contributed by atoms with Gasteiger partial charge in [0.25, 0.3) is 0 Å². The highest BCUT2D eigenvalue weighted by Crippen LogP contribution is 2.22. The molecule has 1 saturated heterocycles. The molecule has 0 saturated carbocycles. The first-order valence-electron chi connectivity index (χ1n) is 8.28. The second-order valence-electron chi connectivity index (χ2n) is 5.51. The predicted molar refractivity (Wildman–Crippen MR) is 96.8 cm³/mol. The standard InChI is InChI=1S/C17H25ClN4O2/c1-3-19-17(22-11-9-21(10-12-22)14(2)23)20-8-13-24-16-7-5-4-6-15(16)18/h4-7H,3,8-13H2,1-2H3,(H,19,20). The third kappa shape index (κ3) is 5.30. The van der Waals surface area contributed by atoms with Crippen LogP contribution < -0.4 is 10.1 Å². The Bertz CT molecular complexity index is 571. The molecular formula is C17H25ClN4O2. The molecule has 0 radical (unpaired) electrons. The minimum absolute atomic E-state index is 0.129. The molecule has 132 valence electrons. The molecule has 1 aliphatic rings. The van der Waals surface area contributed by atoms with Crippen LogP contribution in [-0.2, 0) is 4.79 Å². The highest BCUT2D eigenvalue weighted by atomic mass is 35.5. The molecule has 1 amide bonds. The van der Waals surface area contributed by atoms with Crippen LogP contribution >= 0.6 is 11.6 Å². The SMILES string of the molecule is CCNC(=NCCOc1ccccc1Cl)N1CCN(C(C)=O)CC1. The molecule has 0 bridgehead atoms. The van der Waals surface area contributed by atoms with E-state index in [9.17, 15) is 4.79 Å². The molecule has 1 fully saturated rings. The third-order valence-electron chi connectivity index (χ3n) is 3.81. The van der Waals surface area contributed by atoms with E-state index in [1.807, 2.05) is 30.0 Å². The number of nitrogens with zero attached hydrogens (tertiary/aromatic N) is 3. The Morgan fingerprint density at radius 1 is 1.25 bits per heavy atom. The lowest BCUT2D eigenvalue weighted by molar-refractivity contribution is -0.130. The molecule has 6 nitrogen and oxygen atoms in total. The number of ether oxygens (including phenoxy) is 1. The normalized spacial score (nSPS) is 15.4. The topological polar surface area (TPSA) is 57.2 Å². The number of nitrogens with one attached hydrogen (secondary N) is 1. The first-order chi connectivity index (χ1) is 11.6. The maximum atomic E-state index is 11.4. The van der Waals surface area contributed by atoms with Crippen LogP contribution in [0.1, 0.15) is 13.8 Å². The molecule has 0 atom stereocenters. The Kier molecular flexibility index (Phi) is 7.18. The number of carbonyl (C=O) groups is 1. The summed E-state index contributed by atoms with van der Waals surface area (Å²) in [5, 5.41) is 3.90. The summed E-state index contributed by atoms with van der Waals surface area (Å²) in [4.78, 5) is 20.1. The quantitative estimate of drug-likeness (QED) is 0.499. The van der Waals surface area contributed by atoms with Gasteiger partial charge in [-0.3, -0.25) is 4.79 Å². The fourth-order valence-corrected chi connectivity index (χ4v) is 2.72. The highest BCUT2D eigenvalue weighted by Gasteiger charge is 2.20. The van der Waals surface area contributed by atoms with Gasteiger partial charge in [-0.1, -0.05) is 23.7 Å². The van der Waals surface area contributed by atoms with Crippen molar-refractivity contribution in [1.29, 1.82) is 0 Å². The van der Waals surface area contributed by atoms with E-state index in [4.69, 9.17) is 16.3 Å². The van der Waals surface area contributed by atoms with E-state index in [0.29, 0.717) is 23.9 Å². The molecule has 0 spiro atoms. The molecule has 24 heavy (non-hydrogen) atoms. The van der Waals surface area contributed by atoms with E-state index < -0.39 is 0 Å². The molecular weight excluding hydrogens is 328 g/mol. The molecule has 1 heterocycles. The maximum Gasteiger partial charge on any atom is 0.219 e. The number of hydrogen-bond acceptors (Lipinski definition) is 3. The second-order valence-corrected chi connectivity index (χ2v) is 5.91. The Morgan fingerprint density at radius 3 is 2.54 bits per heavy atom. The summed E-state index contributed by atoms with van der Waals surface area (Å²) in [7, 11) is 0. The number of rotatable bonds is 5. The number of guanidine groups is 1. The molecule has 2 rings (SSSR count). The van der Waals surface area contributed by atoms with Gasteiger partial charge in [-0.2, -0.15) is 0 Å². The number of halogens is 1. The average molecular weight is 353 g/mol. The minimum atomic E-state index is 0.129. The first-order valence-corrected chi connectivity index (χ1v) is 8.65. The van der Waals surface area contributed by atoms with E-state index in [2.05, 4.69) is 15.2 Å². The molecule has 0 unspecified atom stereocenters.